The van der Waals surface area contributed by atoms with Crippen LogP contribution in [0.1, 0.15) is 0 Å². The highest BCUT2D eigenvalue weighted by Crippen LogP contribution is 2.22. The van der Waals surface area contributed by atoms with Crippen LogP contribution in [0.4, 0.5) is 5.82 Å². The van der Waals surface area contributed by atoms with Crippen molar-refractivity contribution in [2.24, 2.45) is 0 Å². The van der Waals surface area contributed by atoms with Gasteiger partial charge in [0, 0.05) is 43.3 Å². The van der Waals surface area contributed by atoms with Gasteiger partial charge >= 0.3 is 0 Å². The van der Waals surface area contributed by atoms with Crippen molar-refractivity contribution in [3.63, 3.8) is 0 Å². The number of likely N-dealkylation sites (N-methyl/N-ethyl adjacent to an activating group) is 1. The Morgan fingerprint density at radius 1 is 1.00 bits per heavy atom. The molecule has 3 rings (SSSR count). The number of aromatic nitrogens is 4. The van der Waals surface area contributed by atoms with E-state index in [1.165, 1.54) is 0 Å². The maximum Gasteiger partial charge on any atom is 0.180 e. The smallest absolute Gasteiger partial charge is 0.180 e. The van der Waals surface area contributed by atoms with Crippen LogP contribution in [0, 0.1) is 0 Å². The van der Waals surface area contributed by atoms with Crippen LogP contribution in [0.3, 0.4) is 0 Å². The van der Waals surface area contributed by atoms with E-state index in [2.05, 4.69) is 30.2 Å². The van der Waals surface area contributed by atoms with Crippen molar-refractivity contribution in [3.8, 4) is 22.8 Å². The van der Waals surface area contributed by atoms with E-state index in [0.717, 1.165) is 35.9 Å². The van der Waals surface area contributed by atoms with Gasteiger partial charge in [-0.2, -0.15) is 0 Å². The summed E-state index contributed by atoms with van der Waals surface area (Å²) in [4.78, 5) is 19.9. The van der Waals surface area contributed by atoms with E-state index in [1.54, 1.807) is 18.6 Å². The van der Waals surface area contributed by atoms with Gasteiger partial charge in [0.2, 0.25) is 0 Å². The molecule has 0 unspecified atom stereocenters. The van der Waals surface area contributed by atoms with Crippen molar-refractivity contribution < 1.29 is 0 Å². The molecule has 1 N–H and O–H groups in total. The standard InChI is InChI=1S/C18H20N6/c1-24(2)11-10-21-17-12-16(14-6-5-8-19-13-14)22-18(23-17)15-7-3-4-9-20-15/h3-9,12-13H,10-11H2,1-2H3,(H,21,22,23). The number of hydrogen-bond acceptors (Lipinski definition) is 6. The molecule has 0 aliphatic carbocycles. The van der Waals surface area contributed by atoms with Crippen molar-refractivity contribution >= 4 is 5.82 Å². The lowest BCUT2D eigenvalue weighted by Crippen LogP contribution is -2.21. The highest BCUT2D eigenvalue weighted by Gasteiger charge is 2.09. The second-order valence-corrected chi connectivity index (χ2v) is 5.65. The molecule has 0 aliphatic heterocycles. The van der Waals surface area contributed by atoms with E-state index < -0.39 is 0 Å². The Balaban J connectivity index is 1.96. The molecule has 3 aromatic heterocycles. The van der Waals surface area contributed by atoms with E-state index in [0.29, 0.717) is 5.82 Å². The van der Waals surface area contributed by atoms with E-state index in [1.807, 2.05) is 50.5 Å². The van der Waals surface area contributed by atoms with Gasteiger partial charge in [-0.1, -0.05) is 6.07 Å². The van der Waals surface area contributed by atoms with Crippen LogP contribution in [0.15, 0.2) is 55.0 Å². The maximum absolute atomic E-state index is 4.65. The fourth-order valence-electron chi connectivity index (χ4n) is 2.22. The van der Waals surface area contributed by atoms with Gasteiger partial charge in [0.05, 0.1) is 5.69 Å². The summed E-state index contributed by atoms with van der Waals surface area (Å²) >= 11 is 0. The Labute approximate surface area is 141 Å². The van der Waals surface area contributed by atoms with Crippen LogP contribution in [0.2, 0.25) is 0 Å². The molecule has 0 bridgehead atoms. The van der Waals surface area contributed by atoms with Crippen LogP contribution in [0.5, 0.6) is 0 Å². The third kappa shape index (κ3) is 4.11. The minimum Gasteiger partial charge on any atom is -0.369 e. The molecule has 0 aromatic carbocycles. The molecule has 3 heterocycles. The molecule has 6 heteroatoms. The molecule has 0 amide bonds. The predicted molar refractivity (Wildman–Crippen MR) is 95.5 cm³/mol. The molecule has 24 heavy (non-hydrogen) atoms. The predicted octanol–water partition coefficient (Wildman–Crippen LogP) is 2.57. The van der Waals surface area contributed by atoms with Gasteiger partial charge in [0.1, 0.15) is 11.5 Å². The molecule has 0 aliphatic rings. The largest absolute Gasteiger partial charge is 0.369 e. The number of anilines is 1. The molecule has 0 fully saturated rings. The van der Waals surface area contributed by atoms with Gasteiger partial charge in [-0.05, 0) is 38.4 Å². The van der Waals surface area contributed by atoms with Crippen LogP contribution >= 0.6 is 0 Å². The molecule has 0 saturated carbocycles. The molecular formula is C18H20N6. The lowest BCUT2D eigenvalue weighted by atomic mass is 10.2. The summed E-state index contributed by atoms with van der Waals surface area (Å²) in [6.07, 6.45) is 5.29. The first-order valence-corrected chi connectivity index (χ1v) is 7.82. The summed E-state index contributed by atoms with van der Waals surface area (Å²) in [5, 5.41) is 3.36. The van der Waals surface area contributed by atoms with Crippen LogP contribution < -0.4 is 5.32 Å². The summed E-state index contributed by atoms with van der Waals surface area (Å²) in [6.45, 7) is 1.73. The first-order valence-electron chi connectivity index (χ1n) is 7.82. The second-order valence-electron chi connectivity index (χ2n) is 5.65. The Bertz CT molecular complexity index is 716. The van der Waals surface area contributed by atoms with Gasteiger partial charge in [0.15, 0.2) is 5.82 Å². The monoisotopic (exact) mass is 320 g/mol. The Kier molecular flexibility index (Phi) is 5.08. The van der Waals surface area contributed by atoms with Gasteiger partial charge in [-0.25, -0.2) is 9.97 Å². The molecule has 3 aromatic rings. The van der Waals surface area contributed by atoms with Crippen LogP contribution in [0.25, 0.3) is 22.8 Å². The number of rotatable bonds is 6. The first-order chi connectivity index (χ1) is 11.7. The Morgan fingerprint density at radius 3 is 2.62 bits per heavy atom. The Hall–Kier alpha value is -2.86. The summed E-state index contributed by atoms with van der Waals surface area (Å²) in [7, 11) is 4.09. The summed E-state index contributed by atoms with van der Waals surface area (Å²) in [6, 6.07) is 11.6. The van der Waals surface area contributed by atoms with E-state index in [-0.39, 0.29) is 0 Å². The first kappa shape index (κ1) is 16.0. The van der Waals surface area contributed by atoms with Gasteiger partial charge in [-0.3, -0.25) is 9.97 Å². The van der Waals surface area contributed by atoms with Crippen molar-refractivity contribution in [3.05, 3.63) is 55.0 Å². The lowest BCUT2D eigenvalue weighted by Gasteiger charge is -2.12. The molecule has 122 valence electrons. The average molecular weight is 320 g/mol. The zero-order valence-electron chi connectivity index (χ0n) is 13.8. The minimum absolute atomic E-state index is 0.601. The third-order valence-electron chi connectivity index (χ3n) is 3.44. The van der Waals surface area contributed by atoms with Crippen molar-refractivity contribution in [2.75, 3.05) is 32.5 Å². The van der Waals surface area contributed by atoms with E-state index in [9.17, 15) is 0 Å². The zero-order valence-corrected chi connectivity index (χ0v) is 13.8. The Morgan fingerprint density at radius 2 is 1.92 bits per heavy atom. The minimum atomic E-state index is 0.601. The van der Waals surface area contributed by atoms with E-state index in [4.69, 9.17) is 0 Å². The molecule has 0 spiro atoms. The van der Waals surface area contributed by atoms with Gasteiger partial charge < -0.3 is 10.2 Å². The third-order valence-corrected chi connectivity index (χ3v) is 3.44. The highest BCUT2D eigenvalue weighted by atomic mass is 15.1. The number of nitrogens with zero attached hydrogens (tertiary/aromatic N) is 5. The highest BCUT2D eigenvalue weighted by molar-refractivity contribution is 5.65. The average Bonchev–Trinajstić information content (AvgIpc) is 2.63. The lowest BCUT2D eigenvalue weighted by molar-refractivity contribution is 0.425. The summed E-state index contributed by atoms with van der Waals surface area (Å²) < 4.78 is 0. The maximum atomic E-state index is 4.65. The molecule has 0 radical (unpaired) electrons. The molecule has 0 saturated heterocycles. The zero-order chi connectivity index (χ0) is 16.8. The summed E-state index contributed by atoms with van der Waals surface area (Å²) in [5.74, 6) is 1.38. The molecule has 6 nitrogen and oxygen atoms in total. The summed E-state index contributed by atoms with van der Waals surface area (Å²) in [5.41, 5.74) is 2.53. The van der Waals surface area contributed by atoms with Crippen molar-refractivity contribution in [1.82, 2.24) is 24.8 Å². The van der Waals surface area contributed by atoms with Crippen molar-refractivity contribution in [1.29, 1.82) is 0 Å². The van der Waals surface area contributed by atoms with Crippen LogP contribution in [-0.2, 0) is 0 Å². The van der Waals surface area contributed by atoms with Crippen molar-refractivity contribution in [2.45, 2.75) is 0 Å². The number of nitrogens with one attached hydrogen (secondary N) is 1. The van der Waals surface area contributed by atoms with Crippen LogP contribution in [-0.4, -0.2) is 52.0 Å². The topological polar surface area (TPSA) is 66.8 Å². The quantitative estimate of drug-likeness (QED) is 0.753. The van der Waals surface area contributed by atoms with Gasteiger partial charge in [-0.15, -0.1) is 0 Å². The fraction of sp³-hybridized carbons (Fsp3) is 0.222. The van der Waals surface area contributed by atoms with Gasteiger partial charge in [0.25, 0.3) is 0 Å². The molecule has 0 atom stereocenters. The number of pyridine rings is 2. The SMILES string of the molecule is CN(C)CCNc1cc(-c2cccnc2)nc(-c2ccccn2)n1. The normalized spacial score (nSPS) is 10.8. The fourth-order valence-corrected chi connectivity index (χ4v) is 2.22. The van der Waals surface area contributed by atoms with E-state index >= 15 is 0 Å². The second kappa shape index (κ2) is 7.61. The number of hydrogen-bond donors (Lipinski definition) is 1. The molecular weight excluding hydrogens is 300 g/mol.